The molecule has 1 radical (unpaired) electrons. The number of nitrogens with zero attached hydrogens (tertiary/aromatic N) is 3. The van der Waals surface area contributed by atoms with E-state index in [1.165, 1.54) is 46.8 Å². The number of hydrogen-bond acceptors (Lipinski definition) is 3. The van der Waals surface area contributed by atoms with Gasteiger partial charge in [0.05, 0.1) is 16.9 Å². The fraction of sp³-hybridized carbons (Fsp3) is 0.220. The van der Waals surface area contributed by atoms with Crippen LogP contribution in [0.2, 0.25) is 0 Å². The van der Waals surface area contributed by atoms with Crippen molar-refractivity contribution in [3.05, 3.63) is 137 Å². The molecule has 0 N–H and O–H groups in total. The van der Waals surface area contributed by atoms with Crippen LogP contribution in [-0.4, -0.2) is 14.5 Å². The van der Waals surface area contributed by atoms with Crippen molar-refractivity contribution in [3.63, 3.8) is 0 Å². The van der Waals surface area contributed by atoms with Gasteiger partial charge in [0.2, 0.25) is 0 Å². The van der Waals surface area contributed by atoms with E-state index in [2.05, 4.69) is 111 Å². The Balaban J connectivity index is 0.000000217. The van der Waals surface area contributed by atoms with Crippen LogP contribution in [0, 0.1) is 33.0 Å². The third kappa shape index (κ3) is 6.63. The smallest absolute Gasteiger partial charge is 0.0774 e. The summed E-state index contributed by atoms with van der Waals surface area (Å²) >= 11 is 0. The first-order valence-corrected chi connectivity index (χ1v) is 15.1. The van der Waals surface area contributed by atoms with Crippen LogP contribution >= 0.6 is 0 Å². The molecule has 3 heterocycles. The molecular formula is C41H39IrN3O-2. The van der Waals surface area contributed by atoms with Gasteiger partial charge in [-0.05, 0) is 60.1 Å². The molecule has 0 fully saturated rings. The van der Waals surface area contributed by atoms with Crippen molar-refractivity contribution in [3.8, 4) is 28.3 Å². The number of furan rings is 1. The Morgan fingerprint density at radius 1 is 0.804 bits per heavy atom. The maximum atomic E-state index is 7.28. The van der Waals surface area contributed by atoms with E-state index in [-0.39, 0.29) is 31.2 Å². The predicted octanol–water partition coefficient (Wildman–Crippen LogP) is 11.0. The predicted molar refractivity (Wildman–Crippen MR) is 186 cm³/mol. The average molecular weight is 788 g/mol. The van der Waals surface area contributed by atoms with Gasteiger partial charge in [0.25, 0.3) is 0 Å². The zero-order chi connectivity index (χ0) is 36.7. The molecule has 5 heteroatoms. The molecule has 0 aliphatic carbocycles. The molecule has 0 unspecified atom stereocenters. The summed E-state index contributed by atoms with van der Waals surface area (Å²) < 4.78 is 51.8. The van der Waals surface area contributed by atoms with E-state index in [4.69, 9.17) is 17.6 Å². The van der Waals surface area contributed by atoms with Gasteiger partial charge in [0, 0.05) is 52.1 Å². The number of imidazole rings is 1. The van der Waals surface area contributed by atoms with Crippen molar-refractivity contribution >= 4 is 22.0 Å². The second kappa shape index (κ2) is 14.0. The molecule has 4 aromatic carbocycles. The summed E-state index contributed by atoms with van der Waals surface area (Å²) in [6, 6.07) is 31.7. The van der Waals surface area contributed by atoms with Crippen LogP contribution in [0.4, 0.5) is 0 Å². The average Bonchev–Trinajstić information content (AvgIpc) is 3.68. The molecule has 4 nitrogen and oxygen atoms in total. The van der Waals surface area contributed by atoms with E-state index in [1.807, 2.05) is 6.07 Å². The van der Waals surface area contributed by atoms with E-state index in [0.29, 0.717) is 23.1 Å². The summed E-state index contributed by atoms with van der Waals surface area (Å²) in [5.41, 5.74) is 10.4. The first-order chi connectivity index (χ1) is 24.1. The van der Waals surface area contributed by atoms with Crippen molar-refractivity contribution < 1.29 is 32.7 Å². The van der Waals surface area contributed by atoms with Crippen LogP contribution in [-0.2, 0) is 20.1 Å². The molecule has 3 aromatic heterocycles. The largest absolute Gasteiger partial charge is 0.557 e. The molecule has 7 aromatic rings. The summed E-state index contributed by atoms with van der Waals surface area (Å²) in [6.45, 7) is 6.75. The van der Waals surface area contributed by atoms with Gasteiger partial charge < -0.3 is 14.0 Å². The minimum Gasteiger partial charge on any atom is -0.557 e. The molecule has 0 atom stereocenters. The Hall–Kier alpha value is -4.31. The van der Waals surface area contributed by atoms with Gasteiger partial charge in [-0.1, -0.05) is 106 Å². The Morgan fingerprint density at radius 2 is 1.52 bits per heavy atom. The van der Waals surface area contributed by atoms with Crippen molar-refractivity contribution in [2.45, 2.75) is 60.2 Å². The first kappa shape index (κ1) is 25.8. The molecule has 0 spiro atoms. The second-order valence-electron chi connectivity index (χ2n) is 11.9. The Bertz CT molecular complexity index is 2220. The molecule has 0 aliphatic heterocycles. The first-order valence-electron chi connectivity index (χ1n) is 18.1. The van der Waals surface area contributed by atoms with E-state index in [1.54, 1.807) is 12.1 Å². The van der Waals surface area contributed by atoms with Gasteiger partial charge in [-0.15, -0.1) is 41.5 Å². The summed E-state index contributed by atoms with van der Waals surface area (Å²) in [5.74, 6) is 1.64. The van der Waals surface area contributed by atoms with Crippen LogP contribution in [0.3, 0.4) is 0 Å². The van der Waals surface area contributed by atoms with Crippen molar-refractivity contribution in [2.24, 2.45) is 0 Å². The normalized spacial score (nSPS) is 13.6. The summed E-state index contributed by atoms with van der Waals surface area (Å²) in [5, 5.41) is 1.04. The zero-order valence-corrected chi connectivity index (χ0v) is 28.9. The van der Waals surface area contributed by atoms with Gasteiger partial charge in [0.1, 0.15) is 0 Å². The maximum Gasteiger partial charge on any atom is 0.0774 e. The fourth-order valence-electron chi connectivity index (χ4n) is 5.57. The third-order valence-corrected chi connectivity index (χ3v) is 7.87. The SMILES string of the molecule is Cc1ccc2c(-c3nc4ccccc4n3-c3c(C(C)C)cccc3C(C)C)[c-]oc2c1.[2H]C([2H])([2H])c1c[c-]c(-c2ccc(C([2H])([2H])[2H])cn2)cc1.[Ir]. The number of aromatic nitrogens is 3. The topological polar surface area (TPSA) is 43.9 Å². The molecule has 0 saturated carbocycles. The Labute approximate surface area is 294 Å². The summed E-state index contributed by atoms with van der Waals surface area (Å²) in [7, 11) is 0. The van der Waals surface area contributed by atoms with Gasteiger partial charge in [-0.3, -0.25) is 4.98 Å². The van der Waals surface area contributed by atoms with Crippen molar-refractivity contribution in [2.75, 3.05) is 0 Å². The molecule has 0 amide bonds. The molecule has 7 rings (SSSR count). The third-order valence-electron chi connectivity index (χ3n) is 7.87. The number of fused-ring (bicyclic) bond motifs is 2. The van der Waals surface area contributed by atoms with Crippen LogP contribution in [0.15, 0.2) is 102 Å². The van der Waals surface area contributed by atoms with Crippen LogP contribution in [0.5, 0.6) is 0 Å². The number of pyridine rings is 1. The zero-order valence-electron chi connectivity index (χ0n) is 32.5. The summed E-state index contributed by atoms with van der Waals surface area (Å²) in [6.07, 6.45) is 4.47. The molecule has 0 saturated heterocycles. The molecule has 0 aliphatic rings. The standard InChI is InChI=1S/C28H27N2O.C13H12N.Ir/c1-17(2)20-9-8-10-21(18(3)4)27(20)30-25-12-7-6-11-24(25)29-28(30)23-16-31-26-15-19(5)13-14-22(23)26;1-10-3-6-12(7-4-10)13-8-5-11(2)9-14-13;/h6-15,17-18H,1-5H3;3-6,8-9H,1-2H3;/q2*-1;/i;1D3,2D3;. The van der Waals surface area contributed by atoms with Crippen molar-refractivity contribution in [1.82, 2.24) is 14.5 Å². The molecule has 235 valence electrons. The molecule has 46 heavy (non-hydrogen) atoms. The van der Waals surface area contributed by atoms with Gasteiger partial charge >= 0.3 is 0 Å². The second-order valence-corrected chi connectivity index (χ2v) is 11.9. The monoisotopic (exact) mass is 788 g/mol. The van der Waals surface area contributed by atoms with Crippen molar-refractivity contribution in [1.29, 1.82) is 0 Å². The number of benzene rings is 4. The van der Waals surface area contributed by atoms with E-state index >= 15 is 0 Å². The van der Waals surface area contributed by atoms with E-state index < -0.39 is 13.7 Å². The Morgan fingerprint density at radius 3 is 2.17 bits per heavy atom. The number of hydrogen-bond donors (Lipinski definition) is 0. The number of aryl methyl sites for hydroxylation is 3. The van der Waals surface area contributed by atoms with Gasteiger partial charge in [-0.25, -0.2) is 0 Å². The quantitative estimate of drug-likeness (QED) is 0.163. The van der Waals surface area contributed by atoms with Gasteiger partial charge in [-0.2, -0.15) is 0 Å². The number of para-hydroxylation sites is 3. The molecule has 0 bridgehead atoms. The van der Waals surface area contributed by atoms with Gasteiger partial charge in [0.15, 0.2) is 0 Å². The number of rotatable bonds is 5. The minimum absolute atomic E-state index is 0. The van der Waals surface area contributed by atoms with E-state index in [0.717, 1.165) is 33.4 Å². The maximum absolute atomic E-state index is 7.28. The fourth-order valence-corrected chi connectivity index (χ4v) is 5.57. The van der Waals surface area contributed by atoms with Crippen LogP contribution in [0.1, 0.15) is 75.6 Å². The Kier molecular flexibility index (Phi) is 7.86. The van der Waals surface area contributed by atoms with Crippen LogP contribution in [0.25, 0.3) is 50.3 Å². The minimum atomic E-state index is -2.18. The van der Waals surface area contributed by atoms with E-state index in [9.17, 15) is 0 Å². The molecular weight excluding hydrogens is 743 g/mol. The summed E-state index contributed by atoms with van der Waals surface area (Å²) in [4.78, 5) is 9.15. The van der Waals surface area contributed by atoms with Crippen LogP contribution < -0.4 is 0 Å².